The van der Waals surface area contributed by atoms with E-state index in [0.29, 0.717) is 6.42 Å². The molecule has 0 aromatic heterocycles. The van der Waals surface area contributed by atoms with Crippen LogP contribution in [0.15, 0.2) is 30.0 Å². The van der Waals surface area contributed by atoms with Gasteiger partial charge in [0.05, 0.1) is 6.54 Å². The molecule has 1 heterocycles. The fourth-order valence-electron chi connectivity index (χ4n) is 3.65. The minimum Gasteiger partial charge on any atom is -0.480 e. The predicted molar refractivity (Wildman–Crippen MR) is 89.4 cm³/mol. The molecular formula is C19H21F2NO4. The predicted octanol–water partition coefficient (Wildman–Crippen LogP) is 3.49. The quantitative estimate of drug-likeness (QED) is 0.838. The average Bonchev–Trinajstić information content (AvgIpc) is 2.97. The van der Waals surface area contributed by atoms with Crippen molar-refractivity contribution in [2.45, 2.75) is 44.6 Å². The summed E-state index contributed by atoms with van der Waals surface area (Å²) in [4.78, 5) is 25.2. The maximum Gasteiger partial charge on any atom is 0.326 e. The molecule has 7 heteroatoms. The van der Waals surface area contributed by atoms with Crippen molar-refractivity contribution < 1.29 is 28.2 Å². The Morgan fingerprint density at radius 3 is 2.50 bits per heavy atom. The van der Waals surface area contributed by atoms with Crippen LogP contribution in [0.5, 0.6) is 5.75 Å². The Morgan fingerprint density at radius 2 is 1.88 bits per heavy atom. The van der Waals surface area contributed by atoms with Crippen molar-refractivity contribution in [2.24, 2.45) is 5.92 Å². The number of carbonyl (C=O) groups is 2. The molecule has 1 fully saturated rings. The minimum absolute atomic E-state index is 0.0360. The van der Waals surface area contributed by atoms with Crippen LogP contribution in [0.2, 0.25) is 0 Å². The largest absolute Gasteiger partial charge is 0.480 e. The molecule has 5 nitrogen and oxygen atoms in total. The molecule has 1 saturated carbocycles. The Hall–Kier alpha value is -2.44. The fourth-order valence-corrected chi connectivity index (χ4v) is 3.65. The first-order chi connectivity index (χ1) is 12.5. The van der Waals surface area contributed by atoms with E-state index in [4.69, 9.17) is 4.74 Å². The van der Waals surface area contributed by atoms with Crippen molar-refractivity contribution in [1.29, 1.82) is 0 Å². The molecule has 0 bridgehead atoms. The Kier molecular flexibility index (Phi) is 5.54. The number of halogens is 2. The molecular weight excluding hydrogens is 344 g/mol. The Morgan fingerprint density at radius 1 is 1.23 bits per heavy atom. The molecule has 1 atom stereocenters. The molecule has 140 valence electrons. The number of rotatable bonds is 6. The number of benzene rings is 1. The van der Waals surface area contributed by atoms with E-state index in [0.717, 1.165) is 50.3 Å². The van der Waals surface area contributed by atoms with E-state index >= 15 is 0 Å². The minimum atomic E-state index is -1.07. The number of ether oxygens (including phenoxy) is 1. The van der Waals surface area contributed by atoms with Crippen LogP contribution in [0.25, 0.3) is 0 Å². The van der Waals surface area contributed by atoms with Crippen LogP contribution in [0.3, 0.4) is 0 Å². The SMILES string of the molecule is O=C(O)C(CC1CCCCC1)N1CC(Oc2c(F)cccc2F)=CC1=O. The van der Waals surface area contributed by atoms with Crippen LogP contribution < -0.4 is 4.74 Å². The second kappa shape index (κ2) is 7.85. The normalized spacial score (nSPS) is 19.4. The van der Waals surface area contributed by atoms with Gasteiger partial charge in [-0.15, -0.1) is 0 Å². The van der Waals surface area contributed by atoms with Crippen molar-refractivity contribution in [3.8, 4) is 5.75 Å². The molecule has 0 spiro atoms. The molecule has 0 saturated heterocycles. The van der Waals surface area contributed by atoms with E-state index in [-0.39, 0.29) is 18.2 Å². The summed E-state index contributed by atoms with van der Waals surface area (Å²) in [7, 11) is 0. The highest BCUT2D eigenvalue weighted by Gasteiger charge is 2.36. The maximum atomic E-state index is 13.7. The van der Waals surface area contributed by atoms with E-state index in [1.54, 1.807) is 0 Å². The highest BCUT2D eigenvalue weighted by molar-refractivity contribution is 5.94. The summed E-state index contributed by atoms with van der Waals surface area (Å²) in [5, 5.41) is 9.57. The van der Waals surface area contributed by atoms with Crippen LogP contribution >= 0.6 is 0 Å². The Labute approximate surface area is 150 Å². The number of carbonyl (C=O) groups excluding carboxylic acids is 1. The van der Waals surface area contributed by atoms with E-state index in [1.165, 1.54) is 11.0 Å². The highest BCUT2D eigenvalue weighted by atomic mass is 19.1. The topological polar surface area (TPSA) is 66.8 Å². The molecule has 1 amide bonds. The third-order valence-corrected chi connectivity index (χ3v) is 4.99. The van der Waals surface area contributed by atoms with Gasteiger partial charge in [0.1, 0.15) is 11.8 Å². The Balaban J connectivity index is 1.69. The highest BCUT2D eigenvalue weighted by Crippen LogP contribution is 2.31. The summed E-state index contributed by atoms with van der Waals surface area (Å²) in [6.45, 7) is -0.115. The molecule has 1 unspecified atom stereocenters. The second-order valence-corrected chi connectivity index (χ2v) is 6.82. The standard InChI is InChI=1S/C19H21F2NO4/c20-14-7-4-8-15(21)18(14)26-13-10-17(23)22(11-13)16(19(24)25)9-12-5-2-1-3-6-12/h4,7-8,10,12,16H,1-3,5-6,9,11H2,(H,24,25). The van der Waals surface area contributed by atoms with Crippen molar-refractivity contribution in [3.05, 3.63) is 41.7 Å². The number of hydrogen-bond acceptors (Lipinski definition) is 3. The van der Waals surface area contributed by atoms with Gasteiger partial charge in [-0.1, -0.05) is 38.2 Å². The zero-order valence-corrected chi connectivity index (χ0v) is 14.3. The molecule has 1 aromatic carbocycles. The van der Waals surface area contributed by atoms with Crippen LogP contribution in [0, 0.1) is 17.6 Å². The summed E-state index contributed by atoms with van der Waals surface area (Å²) in [6, 6.07) is 2.35. The lowest BCUT2D eigenvalue weighted by atomic mass is 9.84. The van der Waals surface area contributed by atoms with Crippen LogP contribution in [-0.4, -0.2) is 34.5 Å². The third kappa shape index (κ3) is 4.03. The first kappa shape index (κ1) is 18.4. The van der Waals surface area contributed by atoms with E-state index in [2.05, 4.69) is 0 Å². The van der Waals surface area contributed by atoms with Gasteiger partial charge in [0.25, 0.3) is 5.91 Å². The number of nitrogens with zero attached hydrogens (tertiary/aromatic N) is 1. The van der Waals surface area contributed by atoms with Crippen LogP contribution in [0.4, 0.5) is 8.78 Å². The monoisotopic (exact) mass is 365 g/mol. The molecule has 0 radical (unpaired) electrons. The lowest BCUT2D eigenvalue weighted by Crippen LogP contribution is -2.44. The van der Waals surface area contributed by atoms with Gasteiger partial charge >= 0.3 is 5.97 Å². The van der Waals surface area contributed by atoms with E-state index in [1.807, 2.05) is 0 Å². The number of carboxylic acids is 1. The number of para-hydroxylation sites is 1. The number of hydrogen-bond donors (Lipinski definition) is 1. The molecule has 1 N–H and O–H groups in total. The zero-order chi connectivity index (χ0) is 18.7. The molecule has 1 aliphatic heterocycles. The smallest absolute Gasteiger partial charge is 0.326 e. The van der Waals surface area contributed by atoms with Gasteiger partial charge in [0.15, 0.2) is 17.4 Å². The number of carboxylic acid groups (broad SMARTS) is 1. The van der Waals surface area contributed by atoms with Gasteiger partial charge in [0.2, 0.25) is 0 Å². The third-order valence-electron chi connectivity index (χ3n) is 4.99. The molecule has 26 heavy (non-hydrogen) atoms. The molecule has 3 rings (SSSR count). The van der Waals surface area contributed by atoms with Crippen molar-refractivity contribution >= 4 is 11.9 Å². The zero-order valence-electron chi connectivity index (χ0n) is 14.3. The van der Waals surface area contributed by atoms with Crippen molar-refractivity contribution in [3.63, 3.8) is 0 Å². The van der Waals surface area contributed by atoms with Gasteiger partial charge < -0.3 is 14.7 Å². The van der Waals surface area contributed by atoms with Gasteiger partial charge in [-0.25, -0.2) is 13.6 Å². The summed E-state index contributed by atoms with van der Waals surface area (Å²) in [5.74, 6) is -3.63. The molecule has 1 aliphatic carbocycles. The van der Waals surface area contributed by atoms with Gasteiger partial charge in [-0.3, -0.25) is 4.79 Å². The van der Waals surface area contributed by atoms with Gasteiger partial charge in [0, 0.05) is 6.08 Å². The van der Waals surface area contributed by atoms with Gasteiger partial charge in [-0.2, -0.15) is 0 Å². The van der Waals surface area contributed by atoms with Crippen LogP contribution in [0.1, 0.15) is 38.5 Å². The second-order valence-electron chi connectivity index (χ2n) is 6.82. The van der Waals surface area contributed by atoms with Crippen LogP contribution in [-0.2, 0) is 9.59 Å². The fraction of sp³-hybridized carbons (Fsp3) is 0.474. The van der Waals surface area contributed by atoms with Crippen molar-refractivity contribution in [2.75, 3.05) is 6.54 Å². The van der Waals surface area contributed by atoms with Crippen molar-refractivity contribution in [1.82, 2.24) is 4.90 Å². The lowest BCUT2D eigenvalue weighted by Gasteiger charge is -2.30. The first-order valence-electron chi connectivity index (χ1n) is 8.81. The Bertz CT molecular complexity index is 708. The summed E-state index contributed by atoms with van der Waals surface area (Å²) < 4.78 is 32.6. The number of amides is 1. The summed E-state index contributed by atoms with van der Waals surface area (Å²) >= 11 is 0. The van der Waals surface area contributed by atoms with E-state index < -0.39 is 35.3 Å². The summed E-state index contributed by atoms with van der Waals surface area (Å²) in [5.41, 5.74) is 0. The van der Waals surface area contributed by atoms with Gasteiger partial charge in [-0.05, 0) is 24.5 Å². The van der Waals surface area contributed by atoms with E-state index in [9.17, 15) is 23.5 Å². The average molecular weight is 365 g/mol. The first-order valence-corrected chi connectivity index (χ1v) is 8.81. The lowest BCUT2D eigenvalue weighted by molar-refractivity contribution is -0.148. The molecule has 2 aliphatic rings. The molecule has 1 aromatic rings. The summed E-state index contributed by atoms with van der Waals surface area (Å²) in [6.07, 6.45) is 6.71. The number of aliphatic carboxylic acids is 1. The maximum absolute atomic E-state index is 13.7.